The van der Waals surface area contributed by atoms with Crippen LogP contribution in [0.5, 0.6) is 0 Å². The number of rotatable bonds is 4. The van der Waals surface area contributed by atoms with Gasteiger partial charge in [-0.1, -0.05) is 6.42 Å². The van der Waals surface area contributed by atoms with Gasteiger partial charge in [0, 0.05) is 25.6 Å². The second-order valence-corrected chi connectivity index (χ2v) is 6.25. The minimum Gasteiger partial charge on any atom is -0.481 e. The average molecular weight is 268 g/mol. The number of hydrogen-bond acceptors (Lipinski definition) is 3. The van der Waals surface area contributed by atoms with E-state index in [-0.39, 0.29) is 18.4 Å². The van der Waals surface area contributed by atoms with E-state index in [0.717, 1.165) is 32.2 Å². The summed E-state index contributed by atoms with van der Waals surface area (Å²) < 4.78 is 0. The zero-order valence-corrected chi connectivity index (χ0v) is 11.6. The molecule has 5 heteroatoms. The molecule has 108 valence electrons. The van der Waals surface area contributed by atoms with E-state index in [9.17, 15) is 9.59 Å². The van der Waals surface area contributed by atoms with E-state index in [1.54, 1.807) is 0 Å². The summed E-state index contributed by atoms with van der Waals surface area (Å²) in [7, 11) is 0. The lowest BCUT2D eigenvalue weighted by Gasteiger charge is -2.32. The molecule has 5 nitrogen and oxygen atoms in total. The second-order valence-electron chi connectivity index (χ2n) is 6.25. The van der Waals surface area contributed by atoms with Gasteiger partial charge in [0.05, 0.1) is 5.41 Å². The van der Waals surface area contributed by atoms with E-state index >= 15 is 0 Å². The van der Waals surface area contributed by atoms with Gasteiger partial charge in [-0.25, -0.2) is 0 Å². The van der Waals surface area contributed by atoms with Gasteiger partial charge in [0.25, 0.3) is 0 Å². The summed E-state index contributed by atoms with van der Waals surface area (Å²) in [6.45, 7) is 3.44. The number of carboxylic acid groups (broad SMARTS) is 1. The number of carboxylic acids is 1. The van der Waals surface area contributed by atoms with Gasteiger partial charge in [-0.05, 0) is 38.5 Å². The normalized spacial score (nSPS) is 34.7. The van der Waals surface area contributed by atoms with Crippen molar-refractivity contribution in [3.8, 4) is 0 Å². The van der Waals surface area contributed by atoms with Crippen LogP contribution in [-0.4, -0.2) is 41.0 Å². The first kappa shape index (κ1) is 14.3. The molecule has 2 aliphatic rings. The van der Waals surface area contributed by atoms with Crippen molar-refractivity contribution in [2.45, 2.75) is 51.5 Å². The lowest BCUT2D eigenvalue weighted by atomic mass is 9.83. The van der Waals surface area contributed by atoms with Gasteiger partial charge in [0.1, 0.15) is 0 Å². The predicted octanol–water partition coefficient (Wildman–Crippen LogP) is 1.22. The van der Waals surface area contributed by atoms with Crippen molar-refractivity contribution in [1.29, 1.82) is 0 Å². The predicted molar refractivity (Wildman–Crippen MR) is 71.5 cm³/mol. The van der Waals surface area contributed by atoms with E-state index in [0.29, 0.717) is 18.9 Å². The van der Waals surface area contributed by atoms with E-state index in [2.05, 4.69) is 0 Å². The van der Waals surface area contributed by atoms with Crippen LogP contribution in [0, 0.1) is 11.3 Å². The number of likely N-dealkylation sites (tertiary alicyclic amines) is 1. The topological polar surface area (TPSA) is 83.6 Å². The first-order valence-electron chi connectivity index (χ1n) is 7.20. The average Bonchev–Trinajstić information content (AvgIpc) is 2.95. The molecule has 1 aliphatic heterocycles. The zero-order valence-electron chi connectivity index (χ0n) is 11.6. The van der Waals surface area contributed by atoms with Crippen molar-refractivity contribution in [1.82, 2.24) is 4.90 Å². The fourth-order valence-corrected chi connectivity index (χ4v) is 3.40. The molecule has 1 aliphatic carbocycles. The standard InChI is InChI=1S/C14H24N2O3/c1-14(7-2-3-11(14)15)13(19)16-8-6-10(9-16)4-5-12(17)18/h10-11H,2-9,15H2,1H3,(H,17,18). The van der Waals surface area contributed by atoms with E-state index < -0.39 is 11.4 Å². The highest BCUT2D eigenvalue weighted by Crippen LogP contribution is 2.39. The first-order chi connectivity index (χ1) is 8.93. The number of hydrogen-bond donors (Lipinski definition) is 2. The van der Waals surface area contributed by atoms with Crippen molar-refractivity contribution in [2.75, 3.05) is 13.1 Å². The highest BCUT2D eigenvalue weighted by Gasteiger charge is 2.46. The monoisotopic (exact) mass is 268 g/mol. The highest BCUT2D eigenvalue weighted by molar-refractivity contribution is 5.83. The Kier molecular flexibility index (Phi) is 4.13. The minimum atomic E-state index is -0.755. The lowest BCUT2D eigenvalue weighted by Crippen LogP contribution is -2.48. The van der Waals surface area contributed by atoms with Crippen molar-refractivity contribution >= 4 is 11.9 Å². The molecule has 1 amide bonds. The Morgan fingerprint density at radius 2 is 2.16 bits per heavy atom. The Morgan fingerprint density at radius 1 is 1.42 bits per heavy atom. The molecule has 1 heterocycles. The smallest absolute Gasteiger partial charge is 0.303 e. The first-order valence-corrected chi connectivity index (χ1v) is 7.20. The Balaban J connectivity index is 1.90. The van der Waals surface area contributed by atoms with Crippen LogP contribution in [0.15, 0.2) is 0 Å². The third kappa shape index (κ3) is 2.91. The molecule has 2 rings (SSSR count). The largest absolute Gasteiger partial charge is 0.481 e. The van der Waals surface area contributed by atoms with Crippen LogP contribution in [0.2, 0.25) is 0 Å². The van der Waals surface area contributed by atoms with Crippen LogP contribution >= 0.6 is 0 Å². The van der Waals surface area contributed by atoms with E-state index in [1.165, 1.54) is 0 Å². The number of amides is 1. The zero-order chi connectivity index (χ0) is 14.0. The van der Waals surface area contributed by atoms with Gasteiger partial charge in [0.15, 0.2) is 0 Å². The van der Waals surface area contributed by atoms with Crippen molar-refractivity contribution in [2.24, 2.45) is 17.1 Å². The van der Waals surface area contributed by atoms with Crippen molar-refractivity contribution in [3.05, 3.63) is 0 Å². The number of carbonyl (C=O) groups excluding carboxylic acids is 1. The molecule has 3 atom stereocenters. The van der Waals surface area contributed by atoms with Crippen LogP contribution in [0.4, 0.5) is 0 Å². The minimum absolute atomic E-state index is 0.0296. The van der Waals surface area contributed by atoms with Crippen LogP contribution in [0.1, 0.15) is 45.4 Å². The maximum atomic E-state index is 12.6. The van der Waals surface area contributed by atoms with Gasteiger partial charge < -0.3 is 15.7 Å². The fraction of sp³-hybridized carbons (Fsp3) is 0.857. The third-order valence-electron chi connectivity index (χ3n) is 4.86. The second kappa shape index (κ2) is 5.49. The Labute approximate surface area is 114 Å². The quantitative estimate of drug-likeness (QED) is 0.803. The molecule has 0 aromatic heterocycles. The fourth-order valence-electron chi connectivity index (χ4n) is 3.40. The third-order valence-corrected chi connectivity index (χ3v) is 4.86. The van der Waals surface area contributed by atoms with E-state index in [4.69, 9.17) is 10.8 Å². The van der Waals surface area contributed by atoms with Gasteiger partial charge in [-0.2, -0.15) is 0 Å². The van der Waals surface area contributed by atoms with Crippen LogP contribution < -0.4 is 5.73 Å². The molecule has 1 saturated heterocycles. The SMILES string of the molecule is CC1(C(=O)N2CCC(CCC(=O)O)C2)CCCC1N. The van der Waals surface area contributed by atoms with Gasteiger partial charge >= 0.3 is 5.97 Å². The molecular weight excluding hydrogens is 244 g/mol. The molecule has 1 saturated carbocycles. The molecule has 0 spiro atoms. The molecule has 3 N–H and O–H groups in total. The molecule has 0 aromatic carbocycles. The molecule has 0 bridgehead atoms. The number of nitrogens with two attached hydrogens (primary N) is 1. The van der Waals surface area contributed by atoms with Crippen molar-refractivity contribution in [3.63, 3.8) is 0 Å². The molecule has 3 unspecified atom stereocenters. The van der Waals surface area contributed by atoms with Crippen LogP contribution in [0.25, 0.3) is 0 Å². The molecule has 19 heavy (non-hydrogen) atoms. The summed E-state index contributed by atoms with van der Waals surface area (Å²) in [5.41, 5.74) is 5.69. The summed E-state index contributed by atoms with van der Waals surface area (Å²) in [5.74, 6) is -0.244. The summed E-state index contributed by atoms with van der Waals surface area (Å²) >= 11 is 0. The number of carbonyl (C=O) groups is 2. The number of nitrogens with zero attached hydrogens (tertiary/aromatic N) is 1. The highest BCUT2D eigenvalue weighted by atomic mass is 16.4. The molecule has 0 aromatic rings. The van der Waals surface area contributed by atoms with Crippen molar-refractivity contribution < 1.29 is 14.7 Å². The summed E-state index contributed by atoms with van der Waals surface area (Å²) in [6.07, 6.45) is 4.62. The Bertz CT molecular complexity index is 372. The van der Waals surface area contributed by atoms with Gasteiger partial charge in [0.2, 0.25) is 5.91 Å². The molecule has 0 radical (unpaired) electrons. The van der Waals surface area contributed by atoms with Gasteiger partial charge in [-0.15, -0.1) is 0 Å². The van der Waals surface area contributed by atoms with E-state index in [1.807, 2.05) is 11.8 Å². The summed E-state index contributed by atoms with van der Waals surface area (Å²) in [5, 5.41) is 8.70. The summed E-state index contributed by atoms with van der Waals surface area (Å²) in [4.78, 5) is 25.1. The maximum absolute atomic E-state index is 12.6. The maximum Gasteiger partial charge on any atom is 0.303 e. The molecule has 2 fully saturated rings. The summed E-state index contributed by atoms with van der Waals surface area (Å²) in [6, 6.07) is -0.0296. The Morgan fingerprint density at radius 3 is 2.74 bits per heavy atom. The molecular formula is C14H24N2O3. The van der Waals surface area contributed by atoms with Gasteiger partial charge in [-0.3, -0.25) is 9.59 Å². The van der Waals surface area contributed by atoms with Crippen LogP contribution in [0.3, 0.4) is 0 Å². The lowest BCUT2D eigenvalue weighted by molar-refractivity contribution is -0.140. The Hall–Kier alpha value is -1.10. The van der Waals surface area contributed by atoms with Crippen LogP contribution in [-0.2, 0) is 9.59 Å². The number of aliphatic carboxylic acids is 1.